The van der Waals surface area contributed by atoms with Gasteiger partial charge >= 0.3 is 0 Å². The van der Waals surface area contributed by atoms with Crippen molar-refractivity contribution in [1.29, 1.82) is 0 Å². The summed E-state index contributed by atoms with van der Waals surface area (Å²) in [5, 5.41) is 16.4. The molecular weight excluding hydrogens is 305 g/mol. The Kier molecular flexibility index (Phi) is 3.78. The fourth-order valence-corrected chi connectivity index (χ4v) is 2.33. The van der Waals surface area contributed by atoms with Gasteiger partial charge in [-0.05, 0) is 37.6 Å². The Morgan fingerprint density at radius 3 is 2.70 bits per heavy atom. The minimum absolute atomic E-state index is 0.101. The molecule has 1 aromatic heterocycles. The standard InChI is InChI=1S/C14H14FN5O3/c1-8-16-12(13(21)17-11-6-7-19(23)14(11)22)18-20(8)10-4-2-9(15)3-5-10/h2-5,11,23H,6-7H2,1H3,(H,17,21). The van der Waals surface area contributed by atoms with Gasteiger partial charge in [0.15, 0.2) is 0 Å². The van der Waals surface area contributed by atoms with Gasteiger partial charge in [0.2, 0.25) is 5.82 Å². The van der Waals surface area contributed by atoms with Crippen LogP contribution in [0.15, 0.2) is 24.3 Å². The van der Waals surface area contributed by atoms with Gasteiger partial charge in [0, 0.05) is 0 Å². The van der Waals surface area contributed by atoms with Crippen molar-refractivity contribution in [2.75, 3.05) is 6.54 Å². The van der Waals surface area contributed by atoms with E-state index in [-0.39, 0.29) is 18.2 Å². The number of rotatable bonds is 3. The van der Waals surface area contributed by atoms with E-state index in [0.717, 1.165) is 0 Å². The highest BCUT2D eigenvalue weighted by Gasteiger charge is 2.33. The summed E-state index contributed by atoms with van der Waals surface area (Å²) < 4.78 is 14.4. The monoisotopic (exact) mass is 319 g/mol. The van der Waals surface area contributed by atoms with Crippen LogP contribution in [0.2, 0.25) is 0 Å². The van der Waals surface area contributed by atoms with Crippen LogP contribution in [0.5, 0.6) is 0 Å². The minimum Gasteiger partial charge on any atom is -0.337 e. The first-order valence-corrected chi connectivity index (χ1v) is 6.96. The lowest BCUT2D eigenvalue weighted by Gasteiger charge is -2.09. The molecule has 1 aromatic carbocycles. The zero-order valence-electron chi connectivity index (χ0n) is 12.2. The molecule has 1 aliphatic heterocycles. The van der Waals surface area contributed by atoms with Crippen LogP contribution in [0.4, 0.5) is 4.39 Å². The van der Waals surface area contributed by atoms with Crippen molar-refractivity contribution in [3.8, 4) is 5.69 Å². The average Bonchev–Trinajstić information content (AvgIpc) is 3.06. The third-order valence-electron chi connectivity index (χ3n) is 3.53. The SMILES string of the molecule is Cc1nc(C(=O)NC2CCN(O)C2=O)nn1-c1ccc(F)cc1. The lowest BCUT2D eigenvalue weighted by atomic mass is 10.2. The van der Waals surface area contributed by atoms with E-state index in [2.05, 4.69) is 15.4 Å². The largest absolute Gasteiger partial charge is 0.337 e. The van der Waals surface area contributed by atoms with E-state index in [1.165, 1.54) is 28.9 Å². The van der Waals surface area contributed by atoms with Crippen molar-refractivity contribution in [3.05, 3.63) is 41.7 Å². The summed E-state index contributed by atoms with van der Waals surface area (Å²) in [7, 11) is 0. The van der Waals surface area contributed by atoms with Crippen LogP contribution in [-0.4, -0.2) is 49.4 Å². The summed E-state index contributed by atoms with van der Waals surface area (Å²) in [5.74, 6) is -1.20. The second-order valence-electron chi connectivity index (χ2n) is 5.15. The summed E-state index contributed by atoms with van der Waals surface area (Å²) in [6, 6.07) is 4.81. The Balaban J connectivity index is 1.79. The van der Waals surface area contributed by atoms with E-state index >= 15 is 0 Å². The first-order chi connectivity index (χ1) is 11.0. The summed E-state index contributed by atoms with van der Waals surface area (Å²) in [5.41, 5.74) is 0.564. The predicted molar refractivity (Wildman–Crippen MR) is 75.4 cm³/mol. The van der Waals surface area contributed by atoms with E-state index in [0.29, 0.717) is 23.0 Å². The molecule has 9 heteroatoms. The van der Waals surface area contributed by atoms with Crippen LogP contribution in [0.25, 0.3) is 5.69 Å². The Morgan fingerprint density at radius 1 is 1.39 bits per heavy atom. The molecule has 0 radical (unpaired) electrons. The molecule has 1 fully saturated rings. The van der Waals surface area contributed by atoms with Gasteiger partial charge in [0.05, 0.1) is 12.2 Å². The van der Waals surface area contributed by atoms with Gasteiger partial charge in [-0.2, -0.15) is 0 Å². The van der Waals surface area contributed by atoms with Gasteiger partial charge in [-0.3, -0.25) is 14.8 Å². The van der Waals surface area contributed by atoms with Crippen molar-refractivity contribution in [3.63, 3.8) is 0 Å². The summed E-state index contributed by atoms with van der Waals surface area (Å²) in [6.45, 7) is 1.82. The second kappa shape index (κ2) is 5.76. The number of nitrogens with zero attached hydrogens (tertiary/aromatic N) is 4. The number of carbonyl (C=O) groups is 2. The molecule has 1 saturated heterocycles. The number of halogens is 1. The number of hydrogen-bond donors (Lipinski definition) is 2. The van der Waals surface area contributed by atoms with Gasteiger partial charge in [0.25, 0.3) is 11.8 Å². The summed E-state index contributed by atoms with van der Waals surface area (Å²) >= 11 is 0. The van der Waals surface area contributed by atoms with E-state index < -0.39 is 17.9 Å². The van der Waals surface area contributed by atoms with Crippen LogP contribution in [0, 0.1) is 12.7 Å². The second-order valence-corrected chi connectivity index (χ2v) is 5.15. The molecule has 2 amide bonds. The van der Waals surface area contributed by atoms with E-state index in [1.54, 1.807) is 6.92 Å². The number of hydrogen-bond acceptors (Lipinski definition) is 5. The van der Waals surface area contributed by atoms with E-state index in [9.17, 15) is 19.2 Å². The van der Waals surface area contributed by atoms with Gasteiger partial charge in [-0.25, -0.2) is 19.1 Å². The lowest BCUT2D eigenvalue weighted by molar-refractivity contribution is -0.158. The Labute approximate surface area is 130 Å². The van der Waals surface area contributed by atoms with Gasteiger partial charge < -0.3 is 5.32 Å². The molecule has 1 unspecified atom stereocenters. The molecule has 2 aromatic rings. The van der Waals surface area contributed by atoms with Crippen molar-refractivity contribution >= 4 is 11.8 Å². The van der Waals surface area contributed by atoms with Crippen LogP contribution in [0.3, 0.4) is 0 Å². The third-order valence-corrected chi connectivity index (χ3v) is 3.53. The molecule has 2 N–H and O–H groups in total. The average molecular weight is 319 g/mol. The highest BCUT2D eigenvalue weighted by Crippen LogP contribution is 2.12. The quantitative estimate of drug-likeness (QED) is 0.799. The Bertz CT molecular complexity index is 758. The Morgan fingerprint density at radius 2 is 2.09 bits per heavy atom. The number of aryl methyl sites for hydroxylation is 1. The fraction of sp³-hybridized carbons (Fsp3) is 0.286. The topological polar surface area (TPSA) is 100 Å². The number of benzene rings is 1. The van der Waals surface area contributed by atoms with E-state index in [4.69, 9.17) is 0 Å². The normalized spacial score (nSPS) is 17.6. The molecule has 0 aliphatic carbocycles. The summed E-state index contributed by atoms with van der Waals surface area (Å²) in [6.07, 6.45) is 0.318. The van der Waals surface area contributed by atoms with Crippen LogP contribution in [0.1, 0.15) is 22.9 Å². The highest BCUT2D eigenvalue weighted by atomic mass is 19.1. The van der Waals surface area contributed by atoms with E-state index in [1.807, 2.05) is 0 Å². The molecule has 0 bridgehead atoms. The van der Waals surface area contributed by atoms with Crippen LogP contribution in [-0.2, 0) is 4.79 Å². The number of carbonyl (C=O) groups excluding carboxylic acids is 2. The van der Waals surface area contributed by atoms with Crippen molar-refractivity contribution in [1.82, 2.24) is 25.1 Å². The number of amides is 2. The summed E-state index contributed by atoms with van der Waals surface area (Å²) in [4.78, 5) is 27.8. The van der Waals surface area contributed by atoms with Crippen molar-refractivity contribution in [2.45, 2.75) is 19.4 Å². The van der Waals surface area contributed by atoms with Crippen LogP contribution >= 0.6 is 0 Å². The molecule has 1 atom stereocenters. The maximum atomic E-state index is 13.0. The zero-order chi connectivity index (χ0) is 16.6. The van der Waals surface area contributed by atoms with Gasteiger partial charge in [0.1, 0.15) is 17.7 Å². The molecule has 0 spiro atoms. The highest BCUT2D eigenvalue weighted by molar-refractivity contribution is 5.95. The minimum atomic E-state index is -0.787. The zero-order valence-corrected chi connectivity index (χ0v) is 12.2. The molecule has 1 aliphatic rings. The molecule has 3 rings (SSSR count). The number of aromatic nitrogens is 3. The maximum absolute atomic E-state index is 13.0. The fourth-order valence-electron chi connectivity index (χ4n) is 2.33. The van der Waals surface area contributed by atoms with Crippen molar-refractivity contribution < 1.29 is 19.2 Å². The molecule has 0 saturated carbocycles. The first-order valence-electron chi connectivity index (χ1n) is 6.96. The van der Waals surface area contributed by atoms with Gasteiger partial charge in [-0.1, -0.05) is 0 Å². The molecule has 23 heavy (non-hydrogen) atoms. The lowest BCUT2D eigenvalue weighted by Crippen LogP contribution is -2.41. The number of hydroxylamine groups is 2. The first kappa shape index (κ1) is 15.1. The number of nitrogens with one attached hydrogen (secondary N) is 1. The molecule has 8 nitrogen and oxygen atoms in total. The maximum Gasteiger partial charge on any atom is 0.291 e. The Hall–Kier alpha value is -2.81. The molecular formula is C14H14FN5O3. The van der Waals surface area contributed by atoms with Gasteiger partial charge in [-0.15, -0.1) is 5.10 Å². The smallest absolute Gasteiger partial charge is 0.291 e. The molecule has 2 heterocycles. The predicted octanol–water partition coefficient (Wildman–Crippen LogP) is 0.435. The van der Waals surface area contributed by atoms with Crippen molar-refractivity contribution in [2.24, 2.45) is 0 Å². The third kappa shape index (κ3) is 2.90. The molecule has 120 valence electrons. The van der Waals surface area contributed by atoms with Crippen LogP contribution < -0.4 is 5.32 Å².